The van der Waals surface area contributed by atoms with Gasteiger partial charge in [-0.05, 0) is 19.3 Å². The fourth-order valence-corrected chi connectivity index (χ4v) is 4.30. The van der Waals surface area contributed by atoms with Gasteiger partial charge in [-0.15, -0.1) is 0 Å². The fraction of sp³-hybridized carbons (Fsp3) is 0.824. The Bertz CT molecular complexity index is 604. The first-order chi connectivity index (χ1) is 12.1. The molecule has 2 heterocycles. The molecule has 3 rings (SSSR count). The van der Waals surface area contributed by atoms with Crippen molar-refractivity contribution in [3.05, 3.63) is 15.8 Å². The van der Waals surface area contributed by atoms with Crippen molar-refractivity contribution < 1.29 is 9.66 Å². The van der Waals surface area contributed by atoms with Gasteiger partial charge in [-0.25, -0.2) is 4.68 Å². The van der Waals surface area contributed by atoms with E-state index >= 15 is 0 Å². The number of nitrogens with one attached hydrogen (secondary N) is 1. The van der Waals surface area contributed by atoms with Crippen molar-refractivity contribution in [2.24, 2.45) is 7.05 Å². The number of ether oxygens (including phenoxy) is 1. The van der Waals surface area contributed by atoms with Gasteiger partial charge in [-0.1, -0.05) is 26.2 Å². The van der Waals surface area contributed by atoms with Gasteiger partial charge < -0.3 is 10.1 Å². The molecular formula is C17H29N5O3. The van der Waals surface area contributed by atoms with Crippen molar-refractivity contribution in [1.82, 2.24) is 14.7 Å². The monoisotopic (exact) mass is 351 g/mol. The predicted octanol–water partition coefficient (Wildman–Crippen LogP) is 2.34. The molecule has 1 N–H and O–H groups in total. The molecule has 1 aromatic rings. The molecule has 0 radical (unpaired) electrons. The number of hydrogen-bond donors (Lipinski definition) is 1. The van der Waals surface area contributed by atoms with Crippen LogP contribution in [0.3, 0.4) is 0 Å². The SMILES string of the molecule is CCc1nn(C)c(NCC2(N3CCOCC3)CCCCC2)c1[N+](=O)[O-]. The summed E-state index contributed by atoms with van der Waals surface area (Å²) in [5.74, 6) is 0.528. The van der Waals surface area contributed by atoms with Gasteiger partial charge in [0.25, 0.3) is 0 Å². The lowest BCUT2D eigenvalue weighted by Crippen LogP contribution is -2.58. The second-order valence-electron chi connectivity index (χ2n) is 7.12. The first kappa shape index (κ1) is 18.1. The topological polar surface area (TPSA) is 85.5 Å². The van der Waals surface area contributed by atoms with E-state index in [2.05, 4.69) is 15.3 Å². The molecule has 1 aromatic heterocycles. The summed E-state index contributed by atoms with van der Waals surface area (Å²) in [4.78, 5) is 13.8. The van der Waals surface area contributed by atoms with E-state index in [1.54, 1.807) is 11.7 Å². The number of nitrogens with zero attached hydrogens (tertiary/aromatic N) is 4. The van der Waals surface area contributed by atoms with Crippen LogP contribution in [0.5, 0.6) is 0 Å². The average molecular weight is 351 g/mol. The van der Waals surface area contributed by atoms with Crippen LogP contribution in [0, 0.1) is 10.1 Å². The van der Waals surface area contributed by atoms with E-state index in [0.29, 0.717) is 17.9 Å². The molecule has 140 valence electrons. The van der Waals surface area contributed by atoms with Crippen molar-refractivity contribution in [2.75, 3.05) is 38.2 Å². The molecule has 1 aliphatic carbocycles. The third-order valence-corrected chi connectivity index (χ3v) is 5.66. The molecule has 0 spiro atoms. The number of anilines is 1. The lowest BCUT2D eigenvalue weighted by atomic mass is 9.79. The quantitative estimate of drug-likeness (QED) is 0.625. The molecule has 1 saturated carbocycles. The summed E-state index contributed by atoms with van der Waals surface area (Å²) in [5, 5.41) is 19.3. The van der Waals surface area contributed by atoms with Crippen LogP contribution in [0.4, 0.5) is 11.5 Å². The summed E-state index contributed by atoms with van der Waals surface area (Å²) in [6.45, 7) is 6.04. The molecule has 1 aliphatic heterocycles. The lowest BCUT2D eigenvalue weighted by Gasteiger charge is -2.48. The maximum absolute atomic E-state index is 11.5. The Labute approximate surface area is 148 Å². The Morgan fingerprint density at radius 3 is 2.56 bits per heavy atom. The van der Waals surface area contributed by atoms with Gasteiger partial charge in [0, 0.05) is 32.2 Å². The molecule has 8 heteroatoms. The molecule has 0 atom stereocenters. The molecule has 2 aliphatic rings. The van der Waals surface area contributed by atoms with Gasteiger partial charge in [0.2, 0.25) is 5.82 Å². The number of nitro groups is 1. The Kier molecular flexibility index (Phi) is 5.58. The normalized spacial score (nSPS) is 21.2. The van der Waals surface area contributed by atoms with Crippen LogP contribution in [0.25, 0.3) is 0 Å². The summed E-state index contributed by atoms with van der Waals surface area (Å²) in [6.07, 6.45) is 6.52. The molecule has 0 amide bonds. The Morgan fingerprint density at radius 2 is 1.96 bits per heavy atom. The van der Waals surface area contributed by atoms with Gasteiger partial charge >= 0.3 is 5.69 Å². The van der Waals surface area contributed by atoms with Gasteiger partial charge in [0.05, 0.1) is 18.1 Å². The fourth-order valence-electron chi connectivity index (χ4n) is 4.30. The van der Waals surface area contributed by atoms with Crippen molar-refractivity contribution in [1.29, 1.82) is 0 Å². The van der Waals surface area contributed by atoms with E-state index in [9.17, 15) is 10.1 Å². The van der Waals surface area contributed by atoms with E-state index in [4.69, 9.17) is 4.74 Å². The van der Waals surface area contributed by atoms with Crippen LogP contribution in [0.1, 0.15) is 44.7 Å². The first-order valence-corrected chi connectivity index (χ1v) is 9.34. The van der Waals surface area contributed by atoms with Crippen molar-refractivity contribution in [2.45, 2.75) is 51.0 Å². The highest BCUT2D eigenvalue weighted by atomic mass is 16.6. The van der Waals surface area contributed by atoms with E-state index in [1.165, 1.54) is 19.3 Å². The maximum atomic E-state index is 11.5. The van der Waals surface area contributed by atoms with Crippen molar-refractivity contribution in [3.8, 4) is 0 Å². The molecule has 0 unspecified atom stereocenters. The van der Waals surface area contributed by atoms with Gasteiger partial charge in [-0.3, -0.25) is 15.0 Å². The van der Waals surface area contributed by atoms with Crippen LogP contribution in [-0.4, -0.2) is 58.0 Å². The highest BCUT2D eigenvalue weighted by Gasteiger charge is 2.39. The van der Waals surface area contributed by atoms with Gasteiger partial charge in [-0.2, -0.15) is 5.10 Å². The summed E-state index contributed by atoms with van der Waals surface area (Å²) in [6, 6.07) is 0. The number of rotatable bonds is 6. The zero-order valence-electron chi connectivity index (χ0n) is 15.3. The number of aryl methyl sites for hydroxylation is 2. The molecule has 0 aromatic carbocycles. The molecule has 0 bridgehead atoms. The van der Waals surface area contributed by atoms with Crippen LogP contribution in [0.15, 0.2) is 0 Å². The van der Waals surface area contributed by atoms with Gasteiger partial charge in [0.15, 0.2) is 0 Å². The number of morpholine rings is 1. The Morgan fingerprint density at radius 1 is 1.28 bits per heavy atom. The van der Waals surface area contributed by atoms with Crippen LogP contribution < -0.4 is 5.32 Å². The second kappa shape index (κ2) is 7.70. The largest absolute Gasteiger partial charge is 0.379 e. The Hall–Kier alpha value is -1.67. The van der Waals surface area contributed by atoms with Crippen molar-refractivity contribution in [3.63, 3.8) is 0 Å². The van der Waals surface area contributed by atoms with E-state index in [-0.39, 0.29) is 16.1 Å². The minimum atomic E-state index is -0.309. The predicted molar refractivity (Wildman–Crippen MR) is 95.9 cm³/mol. The van der Waals surface area contributed by atoms with E-state index in [0.717, 1.165) is 45.7 Å². The molecule has 8 nitrogen and oxygen atoms in total. The zero-order chi connectivity index (χ0) is 17.9. The summed E-state index contributed by atoms with van der Waals surface area (Å²) < 4.78 is 7.14. The summed E-state index contributed by atoms with van der Waals surface area (Å²) in [7, 11) is 1.77. The van der Waals surface area contributed by atoms with Crippen LogP contribution >= 0.6 is 0 Å². The third kappa shape index (κ3) is 3.64. The highest BCUT2D eigenvalue weighted by Crippen LogP contribution is 2.36. The molecular weight excluding hydrogens is 322 g/mol. The zero-order valence-corrected chi connectivity index (χ0v) is 15.3. The second-order valence-corrected chi connectivity index (χ2v) is 7.12. The third-order valence-electron chi connectivity index (χ3n) is 5.66. The number of hydrogen-bond acceptors (Lipinski definition) is 6. The van der Waals surface area contributed by atoms with Crippen LogP contribution in [-0.2, 0) is 18.2 Å². The van der Waals surface area contributed by atoms with Crippen molar-refractivity contribution >= 4 is 11.5 Å². The van der Waals surface area contributed by atoms with Crippen LogP contribution in [0.2, 0.25) is 0 Å². The van der Waals surface area contributed by atoms with E-state index in [1.807, 2.05) is 6.92 Å². The minimum absolute atomic E-state index is 0.0621. The minimum Gasteiger partial charge on any atom is -0.379 e. The number of aromatic nitrogens is 2. The smallest absolute Gasteiger partial charge is 0.333 e. The Balaban J connectivity index is 1.82. The summed E-state index contributed by atoms with van der Waals surface area (Å²) >= 11 is 0. The van der Waals surface area contributed by atoms with E-state index < -0.39 is 0 Å². The molecule has 25 heavy (non-hydrogen) atoms. The van der Waals surface area contributed by atoms with Gasteiger partial charge in [0.1, 0.15) is 5.69 Å². The first-order valence-electron chi connectivity index (χ1n) is 9.34. The maximum Gasteiger partial charge on any atom is 0.333 e. The standard InChI is InChI=1S/C17H29N5O3/c1-3-14-15(22(23)24)16(20(2)19-14)18-13-17(7-5-4-6-8-17)21-9-11-25-12-10-21/h18H,3-13H2,1-2H3. The lowest BCUT2D eigenvalue weighted by molar-refractivity contribution is -0.384. The average Bonchev–Trinajstić information content (AvgIpc) is 2.97. The molecule has 2 fully saturated rings. The summed E-state index contributed by atoms with van der Waals surface area (Å²) in [5.41, 5.74) is 0.726. The molecule has 1 saturated heterocycles. The highest BCUT2D eigenvalue weighted by molar-refractivity contribution is 5.60.